The smallest absolute Gasteiger partial charge is 0.321 e. The van der Waals surface area contributed by atoms with Crippen molar-refractivity contribution < 1.29 is 4.79 Å². The SMILES string of the molecule is NCc1ccc(NC(=O)N2CCN(c3ccccc3)CC2)cc1. The molecule has 2 aromatic rings. The molecule has 2 aromatic carbocycles. The summed E-state index contributed by atoms with van der Waals surface area (Å²) in [6.45, 7) is 3.66. The van der Waals surface area contributed by atoms with Crippen LogP contribution in [0, 0.1) is 0 Å². The van der Waals surface area contributed by atoms with E-state index in [1.807, 2.05) is 47.4 Å². The third-order valence-electron chi connectivity index (χ3n) is 4.13. The Kier molecular flexibility index (Phi) is 4.78. The molecule has 1 saturated heterocycles. The van der Waals surface area contributed by atoms with E-state index in [9.17, 15) is 4.79 Å². The van der Waals surface area contributed by atoms with Crippen molar-refractivity contribution in [3.63, 3.8) is 0 Å². The van der Waals surface area contributed by atoms with Gasteiger partial charge in [0.05, 0.1) is 0 Å². The van der Waals surface area contributed by atoms with Gasteiger partial charge in [-0.05, 0) is 29.8 Å². The molecule has 0 saturated carbocycles. The first-order chi connectivity index (χ1) is 11.3. The number of piperazine rings is 1. The van der Waals surface area contributed by atoms with Gasteiger partial charge < -0.3 is 20.9 Å². The van der Waals surface area contributed by atoms with Gasteiger partial charge in [-0.3, -0.25) is 0 Å². The summed E-state index contributed by atoms with van der Waals surface area (Å²) >= 11 is 0. The number of carbonyl (C=O) groups is 1. The second-order valence-electron chi connectivity index (χ2n) is 5.64. The van der Waals surface area contributed by atoms with Crippen LogP contribution in [0.3, 0.4) is 0 Å². The molecule has 1 aliphatic rings. The van der Waals surface area contributed by atoms with Crippen molar-refractivity contribution in [2.24, 2.45) is 5.73 Å². The number of hydrogen-bond donors (Lipinski definition) is 2. The van der Waals surface area contributed by atoms with E-state index >= 15 is 0 Å². The van der Waals surface area contributed by atoms with Gasteiger partial charge >= 0.3 is 6.03 Å². The minimum absolute atomic E-state index is 0.0433. The molecular formula is C18H22N4O. The Bertz CT molecular complexity index is 634. The monoisotopic (exact) mass is 310 g/mol. The Labute approximate surface area is 136 Å². The largest absolute Gasteiger partial charge is 0.368 e. The van der Waals surface area contributed by atoms with Crippen LogP contribution in [-0.2, 0) is 6.54 Å². The summed E-state index contributed by atoms with van der Waals surface area (Å²) in [5.41, 5.74) is 8.65. The molecule has 1 aliphatic heterocycles. The van der Waals surface area contributed by atoms with Crippen LogP contribution in [0.15, 0.2) is 54.6 Å². The first kappa shape index (κ1) is 15.4. The Morgan fingerprint density at radius 1 is 0.957 bits per heavy atom. The molecule has 3 N–H and O–H groups in total. The first-order valence-corrected chi connectivity index (χ1v) is 7.91. The fourth-order valence-corrected chi connectivity index (χ4v) is 2.73. The Balaban J connectivity index is 1.53. The lowest BCUT2D eigenvalue weighted by atomic mass is 10.2. The predicted molar refractivity (Wildman–Crippen MR) is 93.6 cm³/mol. The average Bonchev–Trinajstić information content (AvgIpc) is 2.63. The summed E-state index contributed by atoms with van der Waals surface area (Å²) in [6.07, 6.45) is 0. The fraction of sp³-hybridized carbons (Fsp3) is 0.278. The van der Waals surface area contributed by atoms with Crippen LogP contribution in [0.1, 0.15) is 5.56 Å². The van der Waals surface area contributed by atoms with E-state index in [0.29, 0.717) is 6.54 Å². The lowest BCUT2D eigenvalue weighted by molar-refractivity contribution is 0.208. The van der Waals surface area contributed by atoms with Gasteiger partial charge in [0.1, 0.15) is 0 Å². The maximum Gasteiger partial charge on any atom is 0.321 e. The van der Waals surface area contributed by atoms with Crippen molar-refractivity contribution >= 4 is 17.4 Å². The molecule has 1 heterocycles. The molecule has 2 amide bonds. The summed E-state index contributed by atoms with van der Waals surface area (Å²) < 4.78 is 0. The number of amides is 2. The summed E-state index contributed by atoms with van der Waals surface area (Å²) in [4.78, 5) is 16.5. The first-order valence-electron chi connectivity index (χ1n) is 7.91. The van der Waals surface area contributed by atoms with Gasteiger partial charge in [-0.15, -0.1) is 0 Å². The molecule has 0 radical (unpaired) electrons. The van der Waals surface area contributed by atoms with E-state index in [2.05, 4.69) is 22.3 Å². The standard InChI is InChI=1S/C18H22N4O/c19-14-15-6-8-16(9-7-15)20-18(23)22-12-10-21(11-13-22)17-4-2-1-3-5-17/h1-9H,10-14,19H2,(H,20,23). The summed E-state index contributed by atoms with van der Waals surface area (Å²) in [5.74, 6) is 0. The molecule has 0 spiro atoms. The van der Waals surface area contributed by atoms with Crippen LogP contribution in [0.4, 0.5) is 16.2 Å². The van der Waals surface area contributed by atoms with Crippen molar-refractivity contribution in [3.05, 3.63) is 60.2 Å². The van der Waals surface area contributed by atoms with Crippen molar-refractivity contribution in [1.82, 2.24) is 4.90 Å². The maximum atomic E-state index is 12.3. The number of nitrogens with two attached hydrogens (primary N) is 1. The van der Waals surface area contributed by atoms with E-state index in [0.717, 1.165) is 37.4 Å². The van der Waals surface area contributed by atoms with Crippen LogP contribution >= 0.6 is 0 Å². The highest BCUT2D eigenvalue weighted by atomic mass is 16.2. The lowest BCUT2D eigenvalue weighted by Gasteiger charge is -2.36. The molecule has 120 valence electrons. The Morgan fingerprint density at radius 2 is 1.61 bits per heavy atom. The number of anilines is 2. The molecule has 0 atom stereocenters. The van der Waals surface area contributed by atoms with Gasteiger partial charge in [0.2, 0.25) is 0 Å². The number of hydrogen-bond acceptors (Lipinski definition) is 3. The highest BCUT2D eigenvalue weighted by Crippen LogP contribution is 2.16. The zero-order chi connectivity index (χ0) is 16.1. The molecule has 0 bridgehead atoms. The number of carbonyl (C=O) groups excluding carboxylic acids is 1. The number of benzene rings is 2. The Hall–Kier alpha value is -2.53. The Morgan fingerprint density at radius 3 is 2.22 bits per heavy atom. The number of para-hydroxylation sites is 1. The molecule has 0 aromatic heterocycles. The number of rotatable bonds is 3. The maximum absolute atomic E-state index is 12.3. The van der Waals surface area contributed by atoms with Crippen LogP contribution in [0.5, 0.6) is 0 Å². The van der Waals surface area contributed by atoms with Gasteiger partial charge in [0.15, 0.2) is 0 Å². The van der Waals surface area contributed by atoms with Gasteiger partial charge in [-0.2, -0.15) is 0 Å². The molecule has 1 fully saturated rings. The molecule has 3 rings (SSSR count). The minimum Gasteiger partial charge on any atom is -0.368 e. The van der Waals surface area contributed by atoms with Crippen LogP contribution in [-0.4, -0.2) is 37.1 Å². The topological polar surface area (TPSA) is 61.6 Å². The molecular weight excluding hydrogens is 288 g/mol. The number of nitrogens with zero attached hydrogens (tertiary/aromatic N) is 2. The molecule has 0 unspecified atom stereocenters. The predicted octanol–water partition coefficient (Wildman–Crippen LogP) is 2.50. The third kappa shape index (κ3) is 3.81. The van der Waals surface area contributed by atoms with Gasteiger partial charge in [0, 0.05) is 44.1 Å². The van der Waals surface area contributed by atoms with E-state index < -0.39 is 0 Å². The molecule has 23 heavy (non-hydrogen) atoms. The molecule has 5 heteroatoms. The minimum atomic E-state index is -0.0433. The second-order valence-corrected chi connectivity index (χ2v) is 5.64. The summed E-state index contributed by atoms with van der Waals surface area (Å²) in [5, 5.41) is 2.95. The number of urea groups is 1. The highest BCUT2D eigenvalue weighted by molar-refractivity contribution is 5.89. The van der Waals surface area contributed by atoms with Crippen molar-refractivity contribution in [3.8, 4) is 0 Å². The fourth-order valence-electron chi connectivity index (χ4n) is 2.73. The number of nitrogens with one attached hydrogen (secondary N) is 1. The van der Waals surface area contributed by atoms with Crippen molar-refractivity contribution in [2.45, 2.75) is 6.54 Å². The highest BCUT2D eigenvalue weighted by Gasteiger charge is 2.21. The second kappa shape index (κ2) is 7.15. The van der Waals surface area contributed by atoms with Crippen LogP contribution < -0.4 is 16.0 Å². The summed E-state index contributed by atoms with van der Waals surface area (Å²) in [6, 6.07) is 17.9. The van der Waals surface area contributed by atoms with Gasteiger partial charge in [-0.25, -0.2) is 4.79 Å². The van der Waals surface area contributed by atoms with E-state index in [1.54, 1.807) is 0 Å². The zero-order valence-electron chi connectivity index (χ0n) is 13.1. The average molecular weight is 310 g/mol. The van der Waals surface area contributed by atoms with Gasteiger partial charge in [0.25, 0.3) is 0 Å². The van der Waals surface area contributed by atoms with E-state index in [-0.39, 0.29) is 6.03 Å². The van der Waals surface area contributed by atoms with E-state index in [1.165, 1.54) is 5.69 Å². The van der Waals surface area contributed by atoms with Crippen molar-refractivity contribution in [2.75, 3.05) is 36.4 Å². The van der Waals surface area contributed by atoms with Crippen molar-refractivity contribution in [1.29, 1.82) is 0 Å². The quantitative estimate of drug-likeness (QED) is 0.915. The molecule has 0 aliphatic carbocycles. The van der Waals surface area contributed by atoms with Gasteiger partial charge in [-0.1, -0.05) is 30.3 Å². The van der Waals surface area contributed by atoms with Crippen LogP contribution in [0.25, 0.3) is 0 Å². The normalized spacial score (nSPS) is 14.7. The van der Waals surface area contributed by atoms with Crippen LogP contribution in [0.2, 0.25) is 0 Å². The lowest BCUT2D eigenvalue weighted by Crippen LogP contribution is -2.50. The summed E-state index contributed by atoms with van der Waals surface area (Å²) in [7, 11) is 0. The third-order valence-corrected chi connectivity index (χ3v) is 4.13. The zero-order valence-corrected chi connectivity index (χ0v) is 13.1. The molecule has 5 nitrogen and oxygen atoms in total. The van der Waals surface area contributed by atoms with E-state index in [4.69, 9.17) is 5.73 Å².